The molecule has 6 heteroatoms. The van der Waals surface area contributed by atoms with Crippen LogP contribution in [-0.4, -0.2) is 68.7 Å². The molecule has 2 aromatic rings. The van der Waals surface area contributed by atoms with Crippen LogP contribution in [0, 0.1) is 0 Å². The highest BCUT2D eigenvalue weighted by Crippen LogP contribution is 2.13. The molecule has 1 atom stereocenters. The second kappa shape index (κ2) is 12.4. The van der Waals surface area contributed by atoms with Gasteiger partial charge in [0.05, 0.1) is 13.2 Å². The highest BCUT2D eigenvalue weighted by Gasteiger charge is 2.13. The summed E-state index contributed by atoms with van der Waals surface area (Å²) < 4.78 is 5.48. The average molecular weight is 424 g/mol. The Hall–Kier alpha value is -2.41. The van der Waals surface area contributed by atoms with Crippen LogP contribution < -0.4 is 10.6 Å². The van der Waals surface area contributed by atoms with Gasteiger partial charge in [-0.3, -0.25) is 14.8 Å². The van der Waals surface area contributed by atoms with E-state index >= 15 is 0 Å². The van der Waals surface area contributed by atoms with Crippen molar-refractivity contribution in [2.45, 2.75) is 32.6 Å². The summed E-state index contributed by atoms with van der Waals surface area (Å²) in [4.78, 5) is 9.23. The standard InChI is InChI=1S/C25H37N5O/c1-21(29(3)19-22-9-5-4-6-10-22)17-27-25(26-2)28-18-23-11-7-8-12-24(23)20-30-13-15-31-16-14-30/h4-12,21H,13-20H2,1-3H3,(H2,26,27,28). The first-order chi connectivity index (χ1) is 15.2. The van der Waals surface area contributed by atoms with Gasteiger partial charge in [-0.05, 0) is 30.7 Å². The van der Waals surface area contributed by atoms with Gasteiger partial charge in [-0.2, -0.15) is 0 Å². The van der Waals surface area contributed by atoms with Crippen LogP contribution in [0.5, 0.6) is 0 Å². The molecule has 0 bridgehead atoms. The number of nitrogens with zero attached hydrogens (tertiary/aromatic N) is 3. The van der Waals surface area contributed by atoms with Crippen LogP contribution in [-0.2, 0) is 24.4 Å². The number of nitrogens with one attached hydrogen (secondary N) is 2. The van der Waals surface area contributed by atoms with Crippen molar-refractivity contribution >= 4 is 5.96 Å². The number of hydrogen-bond donors (Lipinski definition) is 2. The van der Waals surface area contributed by atoms with E-state index in [4.69, 9.17) is 4.74 Å². The van der Waals surface area contributed by atoms with E-state index < -0.39 is 0 Å². The minimum absolute atomic E-state index is 0.382. The van der Waals surface area contributed by atoms with E-state index in [-0.39, 0.29) is 0 Å². The minimum Gasteiger partial charge on any atom is -0.379 e. The molecule has 31 heavy (non-hydrogen) atoms. The molecule has 6 nitrogen and oxygen atoms in total. The number of aliphatic imine (C=N–C) groups is 1. The Morgan fingerprint density at radius 3 is 2.42 bits per heavy atom. The maximum atomic E-state index is 5.48. The molecule has 0 amide bonds. The molecule has 2 N–H and O–H groups in total. The highest BCUT2D eigenvalue weighted by atomic mass is 16.5. The van der Waals surface area contributed by atoms with Crippen molar-refractivity contribution in [3.8, 4) is 0 Å². The number of ether oxygens (including phenoxy) is 1. The fourth-order valence-electron chi connectivity index (χ4n) is 3.71. The van der Waals surface area contributed by atoms with E-state index in [0.717, 1.165) is 58.4 Å². The maximum Gasteiger partial charge on any atom is 0.191 e. The lowest BCUT2D eigenvalue weighted by Gasteiger charge is -2.27. The topological polar surface area (TPSA) is 52.1 Å². The third kappa shape index (κ3) is 7.65. The van der Waals surface area contributed by atoms with Gasteiger partial charge in [0.2, 0.25) is 0 Å². The van der Waals surface area contributed by atoms with Gasteiger partial charge in [0.15, 0.2) is 5.96 Å². The average Bonchev–Trinajstić information content (AvgIpc) is 2.81. The van der Waals surface area contributed by atoms with Crippen molar-refractivity contribution in [2.75, 3.05) is 46.9 Å². The third-order valence-electron chi connectivity index (χ3n) is 5.88. The van der Waals surface area contributed by atoms with Crippen LogP contribution in [0.3, 0.4) is 0 Å². The minimum atomic E-state index is 0.382. The Morgan fingerprint density at radius 2 is 1.71 bits per heavy atom. The number of hydrogen-bond acceptors (Lipinski definition) is 4. The van der Waals surface area contributed by atoms with Crippen molar-refractivity contribution in [1.29, 1.82) is 0 Å². The number of morpholine rings is 1. The largest absolute Gasteiger partial charge is 0.379 e. The van der Waals surface area contributed by atoms with Gasteiger partial charge in [-0.25, -0.2) is 0 Å². The van der Waals surface area contributed by atoms with E-state index in [1.807, 2.05) is 7.05 Å². The number of benzene rings is 2. The summed E-state index contributed by atoms with van der Waals surface area (Å²) in [6, 6.07) is 19.6. The molecular formula is C25H37N5O. The molecule has 1 unspecified atom stereocenters. The van der Waals surface area contributed by atoms with Crippen molar-refractivity contribution in [3.05, 3.63) is 71.3 Å². The van der Waals surface area contributed by atoms with E-state index in [1.54, 1.807) is 0 Å². The van der Waals surface area contributed by atoms with Crippen LogP contribution in [0.15, 0.2) is 59.6 Å². The number of rotatable bonds is 9. The maximum absolute atomic E-state index is 5.48. The second-order valence-corrected chi connectivity index (χ2v) is 8.21. The summed E-state index contributed by atoms with van der Waals surface area (Å²) in [7, 11) is 3.99. The summed E-state index contributed by atoms with van der Waals surface area (Å²) in [5.74, 6) is 0.834. The second-order valence-electron chi connectivity index (χ2n) is 8.21. The first kappa shape index (κ1) is 23.3. The van der Waals surface area contributed by atoms with Crippen molar-refractivity contribution < 1.29 is 4.74 Å². The molecule has 0 saturated carbocycles. The monoisotopic (exact) mass is 423 g/mol. The zero-order valence-corrected chi connectivity index (χ0v) is 19.2. The van der Waals surface area contributed by atoms with E-state index in [1.165, 1.54) is 16.7 Å². The van der Waals surface area contributed by atoms with Gasteiger partial charge >= 0.3 is 0 Å². The van der Waals surface area contributed by atoms with E-state index in [0.29, 0.717) is 6.04 Å². The van der Waals surface area contributed by atoms with Gasteiger partial charge in [-0.1, -0.05) is 54.6 Å². The molecule has 1 fully saturated rings. The highest BCUT2D eigenvalue weighted by molar-refractivity contribution is 5.79. The quantitative estimate of drug-likeness (QED) is 0.480. The lowest BCUT2D eigenvalue weighted by atomic mass is 10.1. The van der Waals surface area contributed by atoms with Crippen molar-refractivity contribution in [2.24, 2.45) is 4.99 Å². The van der Waals surface area contributed by atoms with Crippen LogP contribution in [0.25, 0.3) is 0 Å². The summed E-state index contributed by atoms with van der Waals surface area (Å²) >= 11 is 0. The summed E-state index contributed by atoms with van der Waals surface area (Å²) in [5, 5.41) is 6.96. The van der Waals surface area contributed by atoms with Gasteiger partial charge < -0.3 is 15.4 Å². The van der Waals surface area contributed by atoms with Gasteiger partial charge in [0.1, 0.15) is 0 Å². The van der Waals surface area contributed by atoms with Crippen LogP contribution in [0.2, 0.25) is 0 Å². The summed E-state index contributed by atoms with van der Waals surface area (Å²) in [6.45, 7) is 9.38. The van der Waals surface area contributed by atoms with E-state index in [9.17, 15) is 0 Å². The Balaban J connectivity index is 1.47. The predicted molar refractivity (Wildman–Crippen MR) is 128 cm³/mol. The van der Waals surface area contributed by atoms with E-state index in [2.05, 4.69) is 94.0 Å². The lowest BCUT2D eigenvalue weighted by Crippen LogP contribution is -2.44. The molecule has 0 spiro atoms. The molecule has 2 aromatic carbocycles. The molecule has 3 rings (SSSR count). The Kier molecular flexibility index (Phi) is 9.34. The lowest BCUT2D eigenvalue weighted by molar-refractivity contribution is 0.0341. The van der Waals surface area contributed by atoms with Gasteiger partial charge in [0.25, 0.3) is 0 Å². The third-order valence-corrected chi connectivity index (χ3v) is 5.88. The predicted octanol–water partition coefficient (Wildman–Crippen LogP) is 2.70. The smallest absolute Gasteiger partial charge is 0.191 e. The fourth-order valence-corrected chi connectivity index (χ4v) is 3.71. The molecule has 1 aliphatic rings. The number of guanidine groups is 1. The zero-order chi connectivity index (χ0) is 21.9. The fraction of sp³-hybridized carbons (Fsp3) is 0.480. The van der Waals surface area contributed by atoms with Crippen molar-refractivity contribution in [1.82, 2.24) is 20.4 Å². The SMILES string of the molecule is CN=C(NCc1ccccc1CN1CCOCC1)NCC(C)N(C)Cc1ccccc1. The molecule has 1 heterocycles. The Bertz CT molecular complexity index is 805. The summed E-state index contributed by atoms with van der Waals surface area (Å²) in [6.07, 6.45) is 0. The van der Waals surface area contributed by atoms with Gasteiger partial charge in [-0.15, -0.1) is 0 Å². The molecule has 0 aliphatic carbocycles. The van der Waals surface area contributed by atoms with Crippen LogP contribution in [0.4, 0.5) is 0 Å². The Labute approximate surface area is 187 Å². The molecule has 1 aliphatic heterocycles. The molecule has 0 radical (unpaired) electrons. The van der Waals surface area contributed by atoms with Crippen LogP contribution in [0.1, 0.15) is 23.6 Å². The molecule has 1 saturated heterocycles. The number of likely N-dealkylation sites (N-methyl/N-ethyl adjacent to an activating group) is 1. The first-order valence-electron chi connectivity index (χ1n) is 11.2. The van der Waals surface area contributed by atoms with Crippen molar-refractivity contribution in [3.63, 3.8) is 0 Å². The Morgan fingerprint density at radius 1 is 1.03 bits per heavy atom. The normalized spacial score (nSPS) is 16.3. The zero-order valence-electron chi connectivity index (χ0n) is 19.2. The van der Waals surface area contributed by atoms with Gasteiger partial charge in [0, 0.05) is 52.4 Å². The molecule has 168 valence electrons. The summed E-state index contributed by atoms with van der Waals surface area (Å²) in [5.41, 5.74) is 4.01. The molecular weight excluding hydrogens is 386 g/mol. The van der Waals surface area contributed by atoms with Crippen LogP contribution >= 0.6 is 0 Å². The first-order valence-corrected chi connectivity index (χ1v) is 11.2. The molecule has 0 aromatic heterocycles.